The molecule has 0 aliphatic rings. The maximum atomic E-state index is 13.1. The monoisotopic (exact) mass is 507 g/mol. The number of aryl methyl sites for hydroxylation is 1. The number of primary sulfonamides is 1. The van der Waals surface area contributed by atoms with Crippen LogP contribution in [-0.2, 0) is 37.2 Å². The highest BCUT2D eigenvalue weighted by atomic mass is 32.2. The lowest BCUT2D eigenvalue weighted by atomic mass is 9.99. The van der Waals surface area contributed by atoms with Crippen molar-refractivity contribution in [2.75, 3.05) is 7.05 Å². The van der Waals surface area contributed by atoms with E-state index in [1.165, 1.54) is 24.9 Å². The molecular formula is C23H33N5O6S. The number of furan rings is 1. The van der Waals surface area contributed by atoms with E-state index in [1.807, 2.05) is 30.3 Å². The van der Waals surface area contributed by atoms with Gasteiger partial charge in [-0.1, -0.05) is 44.2 Å². The molecule has 35 heavy (non-hydrogen) atoms. The molecule has 7 N–H and O–H groups in total. The van der Waals surface area contributed by atoms with Crippen LogP contribution in [0.2, 0.25) is 0 Å². The number of benzene rings is 1. The maximum Gasteiger partial charge on any atom is 0.243 e. The molecular weight excluding hydrogens is 474 g/mol. The molecule has 1 aromatic heterocycles. The first kappa shape index (κ1) is 28.0. The van der Waals surface area contributed by atoms with Gasteiger partial charge in [0, 0.05) is 19.5 Å². The number of carbonyl (C=O) groups excluding carboxylic acids is 3. The number of likely N-dealkylation sites (N-methyl/N-ethyl adjacent to an activating group) is 1. The van der Waals surface area contributed by atoms with E-state index in [9.17, 15) is 22.8 Å². The molecule has 0 radical (unpaired) electrons. The molecule has 0 fully saturated rings. The van der Waals surface area contributed by atoms with Crippen LogP contribution in [0.1, 0.15) is 30.9 Å². The van der Waals surface area contributed by atoms with Crippen molar-refractivity contribution in [2.24, 2.45) is 22.5 Å². The quantitative estimate of drug-likeness (QED) is 0.323. The van der Waals surface area contributed by atoms with Gasteiger partial charge in [-0.05, 0) is 24.8 Å². The molecule has 0 aliphatic carbocycles. The van der Waals surface area contributed by atoms with Crippen molar-refractivity contribution in [3.63, 3.8) is 0 Å². The van der Waals surface area contributed by atoms with Crippen LogP contribution in [0, 0.1) is 12.8 Å². The van der Waals surface area contributed by atoms with Crippen LogP contribution in [0.3, 0.4) is 0 Å². The summed E-state index contributed by atoms with van der Waals surface area (Å²) >= 11 is 0. The topological polar surface area (TPSA) is 192 Å². The van der Waals surface area contributed by atoms with E-state index >= 15 is 0 Å². The van der Waals surface area contributed by atoms with Crippen LogP contribution < -0.4 is 21.9 Å². The summed E-state index contributed by atoms with van der Waals surface area (Å²) in [7, 11) is -2.54. The number of sulfonamides is 1. The highest BCUT2D eigenvalue weighted by molar-refractivity contribution is 7.89. The fourth-order valence-electron chi connectivity index (χ4n) is 3.87. The van der Waals surface area contributed by atoms with Gasteiger partial charge in [0.1, 0.15) is 28.5 Å². The molecule has 0 aliphatic heterocycles. The molecule has 2 aromatic rings. The smallest absolute Gasteiger partial charge is 0.243 e. The van der Waals surface area contributed by atoms with Crippen molar-refractivity contribution < 1.29 is 27.2 Å². The summed E-state index contributed by atoms with van der Waals surface area (Å²) in [5.74, 6) is -2.07. The molecule has 0 saturated heterocycles. The number of primary amides is 1. The molecule has 12 heteroatoms. The summed E-state index contributed by atoms with van der Waals surface area (Å²) in [5, 5.41) is 7.70. The summed E-state index contributed by atoms with van der Waals surface area (Å²) in [6.07, 6.45) is 0.0953. The number of rotatable bonds is 11. The van der Waals surface area contributed by atoms with E-state index in [2.05, 4.69) is 5.32 Å². The van der Waals surface area contributed by atoms with Crippen molar-refractivity contribution in [1.29, 1.82) is 0 Å². The second-order valence-electron chi connectivity index (χ2n) is 8.78. The molecule has 1 aromatic carbocycles. The number of carbonyl (C=O) groups is 3. The number of nitrogens with two attached hydrogens (primary N) is 3. The Bertz CT molecular complexity index is 1160. The van der Waals surface area contributed by atoms with E-state index < -0.39 is 45.9 Å². The average Bonchev–Trinajstić information content (AvgIpc) is 3.13. The summed E-state index contributed by atoms with van der Waals surface area (Å²) in [6, 6.07) is 7.42. The molecule has 3 atom stereocenters. The standard InChI is InChI=1S/C23H33N5O6S/c1-13(2)20(28(4)23(31)17(24)10-15-8-6-5-7-9-15)22(30)27-18(21(25)29)11-16-12-19(14(3)34-16)35(26,32)33/h5-9,12-13,17-18,20H,10-11,24H2,1-4H3,(H2,25,29)(H,27,30)(H2,26,32,33)/t17-,18?,20?/m0/s1. The van der Waals surface area contributed by atoms with Gasteiger partial charge >= 0.3 is 0 Å². The lowest BCUT2D eigenvalue weighted by molar-refractivity contribution is -0.142. The number of nitrogens with one attached hydrogen (secondary N) is 1. The van der Waals surface area contributed by atoms with Gasteiger partial charge < -0.3 is 26.1 Å². The number of hydrogen-bond donors (Lipinski definition) is 4. The van der Waals surface area contributed by atoms with E-state index in [0.29, 0.717) is 6.42 Å². The first-order valence-electron chi connectivity index (χ1n) is 11.0. The fourth-order valence-corrected chi connectivity index (χ4v) is 4.61. The molecule has 192 valence electrons. The highest BCUT2D eigenvalue weighted by Crippen LogP contribution is 2.20. The molecule has 1 heterocycles. The first-order chi connectivity index (χ1) is 16.2. The van der Waals surface area contributed by atoms with Crippen molar-refractivity contribution in [2.45, 2.75) is 56.6 Å². The van der Waals surface area contributed by atoms with Gasteiger partial charge in [0.25, 0.3) is 0 Å². The Morgan fingerprint density at radius 1 is 1.11 bits per heavy atom. The zero-order chi connectivity index (χ0) is 26.5. The number of hydrogen-bond acceptors (Lipinski definition) is 7. The van der Waals surface area contributed by atoms with E-state index in [-0.39, 0.29) is 28.8 Å². The van der Waals surface area contributed by atoms with Crippen LogP contribution in [0.5, 0.6) is 0 Å². The zero-order valence-electron chi connectivity index (χ0n) is 20.2. The first-order valence-corrected chi connectivity index (χ1v) is 12.5. The minimum absolute atomic E-state index is 0.0508. The Hall–Kier alpha value is -3.22. The Morgan fingerprint density at radius 3 is 2.20 bits per heavy atom. The Labute approximate surface area is 205 Å². The Balaban J connectivity index is 2.17. The van der Waals surface area contributed by atoms with Gasteiger partial charge in [0.2, 0.25) is 27.7 Å². The summed E-state index contributed by atoms with van der Waals surface area (Å²) < 4.78 is 28.7. The molecule has 11 nitrogen and oxygen atoms in total. The summed E-state index contributed by atoms with van der Waals surface area (Å²) in [5.41, 5.74) is 12.5. The fraction of sp³-hybridized carbons (Fsp3) is 0.435. The summed E-state index contributed by atoms with van der Waals surface area (Å²) in [4.78, 5) is 39.2. The van der Waals surface area contributed by atoms with E-state index in [0.717, 1.165) is 5.56 Å². The molecule has 0 saturated carbocycles. The number of nitrogens with zero attached hydrogens (tertiary/aromatic N) is 1. The third kappa shape index (κ3) is 7.38. The van der Waals surface area contributed by atoms with Crippen molar-refractivity contribution in [3.05, 3.63) is 53.5 Å². The lowest BCUT2D eigenvalue weighted by Gasteiger charge is -2.33. The minimum Gasteiger partial charge on any atom is -0.465 e. The number of amides is 3. The van der Waals surface area contributed by atoms with Crippen molar-refractivity contribution in [1.82, 2.24) is 10.2 Å². The van der Waals surface area contributed by atoms with E-state index in [4.69, 9.17) is 21.0 Å². The second-order valence-corrected chi connectivity index (χ2v) is 10.3. The van der Waals surface area contributed by atoms with Gasteiger partial charge in [-0.2, -0.15) is 0 Å². The molecule has 3 amide bonds. The predicted octanol–water partition coefficient (Wildman–Crippen LogP) is -0.199. The minimum atomic E-state index is -4.02. The predicted molar refractivity (Wildman–Crippen MR) is 129 cm³/mol. The zero-order valence-corrected chi connectivity index (χ0v) is 21.0. The average molecular weight is 508 g/mol. The molecule has 0 bridgehead atoms. The highest BCUT2D eigenvalue weighted by Gasteiger charge is 2.34. The SMILES string of the molecule is Cc1oc(CC(NC(=O)C(C(C)C)N(C)C(=O)[C@@H](N)Cc2ccccc2)C(N)=O)cc1S(N)(=O)=O. The van der Waals surface area contributed by atoms with Gasteiger partial charge in [0.05, 0.1) is 6.04 Å². The van der Waals surface area contributed by atoms with Crippen LogP contribution in [0.25, 0.3) is 0 Å². The Morgan fingerprint density at radius 2 is 1.71 bits per heavy atom. The molecule has 0 spiro atoms. The van der Waals surface area contributed by atoms with Crippen molar-refractivity contribution in [3.8, 4) is 0 Å². The normalized spacial score (nSPS) is 14.3. The second kappa shape index (κ2) is 11.5. The van der Waals surface area contributed by atoms with Crippen LogP contribution in [0.15, 0.2) is 45.7 Å². The molecule has 2 rings (SSSR count). The van der Waals surface area contributed by atoms with Gasteiger partial charge in [-0.15, -0.1) is 0 Å². The van der Waals surface area contributed by atoms with Gasteiger partial charge in [-0.3, -0.25) is 14.4 Å². The summed E-state index contributed by atoms with van der Waals surface area (Å²) in [6.45, 7) is 4.92. The largest absolute Gasteiger partial charge is 0.465 e. The van der Waals surface area contributed by atoms with E-state index in [1.54, 1.807) is 13.8 Å². The van der Waals surface area contributed by atoms with Crippen LogP contribution >= 0.6 is 0 Å². The third-order valence-corrected chi connectivity index (χ3v) is 6.59. The van der Waals surface area contributed by atoms with Crippen molar-refractivity contribution >= 4 is 27.7 Å². The Kier molecular flexibility index (Phi) is 9.18. The maximum absolute atomic E-state index is 13.1. The van der Waals surface area contributed by atoms with Crippen LogP contribution in [0.4, 0.5) is 0 Å². The van der Waals surface area contributed by atoms with Crippen LogP contribution in [-0.4, -0.2) is 56.2 Å². The van der Waals surface area contributed by atoms with Gasteiger partial charge in [0.15, 0.2) is 0 Å². The third-order valence-electron chi connectivity index (χ3n) is 5.58. The lowest BCUT2D eigenvalue weighted by Crippen LogP contribution is -2.58. The van der Waals surface area contributed by atoms with Gasteiger partial charge in [-0.25, -0.2) is 13.6 Å². The molecule has 2 unspecified atom stereocenters.